The molecule has 2 atom stereocenters. The highest BCUT2D eigenvalue weighted by Crippen LogP contribution is 2.31. The highest BCUT2D eigenvalue weighted by Gasteiger charge is 2.34. The van der Waals surface area contributed by atoms with Gasteiger partial charge < -0.3 is 5.11 Å². The molecule has 0 aliphatic heterocycles. The molecule has 3 heteroatoms. The van der Waals surface area contributed by atoms with Crippen molar-refractivity contribution in [2.75, 3.05) is 0 Å². The second-order valence-electron chi connectivity index (χ2n) is 2.93. The molecular formula is C8H15ClO2. The first-order valence-corrected chi connectivity index (χ1v) is 4.25. The van der Waals surface area contributed by atoms with E-state index in [0.717, 1.165) is 0 Å². The van der Waals surface area contributed by atoms with Crippen LogP contribution < -0.4 is 0 Å². The van der Waals surface area contributed by atoms with Crippen LogP contribution in [0.1, 0.15) is 33.6 Å². The number of aliphatic carboxylic acids is 1. The Morgan fingerprint density at radius 1 is 1.64 bits per heavy atom. The van der Waals surface area contributed by atoms with Crippen LogP contribution in [0.15, 0.2) is 0 Å². The average molecular weight is 179 g/mol. The average Bonchev–Trinajstić information content (AvgIpc) is 1.88. The lowest BCUT2D eigenvalue weighted by Gasteiger charge is -2.26. The number of carboxylic acid groups (broad SMARTS) is 1. The summed E-state index contributed by atoms with van der Waals surface area (Å²) in [6, 6.07) is 0. The van der Waals surface area contributed by atoms with Gasteiger partial charge in [-0.25, -0.2) is 0 Å². The minimum Gasteiger partial charge on any atom is -0.481 e. The van der Waals surface area contributed by atoms with Gasteiger partial charge >= 0.3 is 5.97 Å². The largest absolute Gasteiger partial charge is 0.481 e. The highest BCUT2D eigenvalue weighted by molar-refractivity contribution is 6.25. The minimum absolute atomic E-state index is 0.436. The van der Waals surface area contributed by atoms with Gasteiger partial charge in [0.25, 0.3) is 0 Å². The van der Waals surface area contributed by atoms with Crippen molar-refractivity contribution in [2.24, 2.45) is 5.92 Å². The van der Waals surface area contributed by atoms with Crippen LogP contribution in [0.25, 0.3) is 0 Å². The van der Waals surface area contributed by atoms with Crippen molar-refractivity contribution >= 4 is 17.6 Å². The Balaban J connectivity index is 4.36. The molecule has 0 radical (unpaired) electrons. The molecule has 0 bridgehead atoms. The molecule has 0 aliphatic carbocycles. The zero-order chi connectivity index (χ0) is 9.07. The maximum absolute atomic E-state index is 10.7. The van der Waals surface area contributed by atoms with Crippen LogP contribution in [0.5, 0.6) is 0 Å². The number of hydrogen-bond donors (Lipinski definition) is 1. The molecule has 0 spiro atoms. The van der Waals surface area contributed by atoms with Crippen molar-refractivity contribution < 1.29 is 9.90 Å². The van der Waals surface area contributed by atoms with Crippen molar-refractivity contribution in [1.82, 2.24) is 0 Å². The predicted octanol–water partition coefficient (Wildman–Crippen LogP) is 2.50. The third-order valence-electron chi connectivity index (χ3n) is 2.12. The molecule has 0 aliphatic rings. The lowest BCUT2D eigenvalue weighted by Crippen LogP contribution is -2.33. The molecule has 1 N–H and O–H groups in total. The molecule has 0 amide bonds. The van der Waals surface area contributed by atoms with Crippen LogP contribution >= 0.6 is 11.6 Å². The highest BCUT2D eigenvalue weighted by atomic mass is 35.5. The fraction of sp³-hybridized carbons (Fsp3) is 0.875. The molecule has 0 rings (SSSR count). The van der Waals surface area contributed by atoms with Gasteiger partial charge in [0.05, 0.1) is 10.8 Å². The maximum atomic E-state index is 10.7. The normalized spacial score (nSPS) is 18.9. The summed E-state index contributed by atoms with van der Waals surface area (Å²) in [7, 11) is 0. The van der Waals surface area contributed by atoms with Crippen molar-refractivity contribution in [3.8, 4) is 0 Å². The number of alkyl halides is 1. The van der Waals surface area contributed by atoms with Gasteiger partial charge in [0.2, 0.25) is 0 Å². The Labute approximate surface area is 72.6 Å². The fourth-order valence-corrected chi connectivity index (χ4v) is 1.35. The van der Waals surface area contributed by atoms with E-state index in [1.807, 2.05) is 13.8 Å². The molecule has 0 aromatic heterocycles. The van der Waals surface area contributed by atoms with Crippen LogP contribution in [0, 0.1) is 5.92 Å². The van der Waals surface area contributed by atoms with Crippen molar-refractivity contribution in [3.63, 3.8) is 0 Å². The van der Waals surface area contributed by atoms with Crippen LogP contribution in [0.4, 0.5) is 0 Å². The summed E-state index contributed by atoms with van der Waals surface area (Å²) >= 11 is 6.00. The lowest BCUT2D eigenvalue weighted by molar-refractivity contribution is -0.143. The Kier molecular flexibility index (Phi) is 3.87. The van der Waals surface area contributed by atoms with Gasteiger partial charge in [-0.2, -0.15) is 0 Å². The quantitative estimate of drug-likeness (QED) is 0.672. The summed E-state index contributed by atoms with van der Waals surface area (Å²) in [5.41, 5.74) is 0. The molecule has 0 fully saturated rings. The number of rotatable bonds is 4. The summed E-state index contributed by atoms with van der Waals surface area (Å²) in [5, 5.41) is 8.76. The van der Waals surface area contributed by atoms with E-state index in [9.17, 15) is 4.79 Å². The molecule has 11 heavy (non-hydrogen) atoms. The summed E-state index contributed by atoms with van der Waals surface area (Å²) in [6.45, 7) is 5.52. The van der Waals surface area contributed by atoms with Gasteiger partial charge in [0, 0.05) is 0 Å². The summed E-state index contributed by atoms with van der Waals surface area (Å²) in [6.07, 6.45) is 1.27. The minimum atomic E-state index is -0.799. The first kappa shape index (κ1) is 10.8. The lowest BCUT2D eigenvalue weighted by atomic mass is 9.89. The van der Waals surface area contributed by atoms with E-state index in [-0.39, 0.29) is 0 Å². The van der Waals surface area contributed by atoms with Crippen LogP contribution in [0.3, 0.4) is 0 Å². The van der Waals surface area contributed by atoms with Crippen molar-refractivity contribution in [2.45, 2.75) is 38.5 Å². The fourth-order valence-electron chi connectivity index (χ4n) is 1.10. The molecule has 66 valence electrons. The van der Waals surface area contributed by atoms with Gasteiger partial charge in [-0.15, -0.1) is 11.6 Å². The summed E-state index contributed by atoms with van der Waals surface area (Å²) < 4.78 is 0. The Hall–Kier alpha value is -0.240. The second-order valence-corrected chi connectivity index (χ2v) is 3.79. The molecule has 2 nitrogen and oxygen atoms in total. The Morgan fingerprint density at radius 3 is 2.18 bits per heavy atom. The van der Waals surface area contributed by atoms with E-state index in [2.05, 4.69) is 0 Å². The topological polar surface area (TPSA) is 37.3 Å². The number of halogens is 1. The van der Waals surface area contributed by atoms with Crippen molar-refractivity contribution in [3.05, 3.63) is 0 Å². The van der Waals surface area contributed by atoms with Gasteiger partial charge in [0.15, 0.2) is 0 Å². The van der Waals surface area contributed by atoms with E-state index >= 15 is 0 Å². The molecule has 2 unspecified atom stereocenters. The predicted molar refractivity (Wildman–Crippen MR) is 46.0 cm³/mol. The third-order valence-corrected chi connectivity index (χ3v) is 2.65. The Bertz CT molecular complexity index is 143. The molecule has 0 saturated carbocycles. The van der Waals surface area contributed by atoms with Gasteiger partial charge in [-0.1, -0.05) is 13.8 Å². The SMILES string of the molecule is CCC(C(=O)O)C(C)(Cl)CC. The van der Waals surface area contributed by atoms with E-state index in [0.29, 0.717) is 12.8 Å². The summed E-state index contributed by atoms with van der Waals surface area (Å²) in [5.74, 6) is -1.24. The van der Waals surface area contributed by atoms with Gasteiger partial charge in [-0.3, -0.25) is 4.79 Å². The number of carboxylic acids is 1. The third kappa shape index (κ3) is 2.70. The van der Waals surface area contributed by atoms with Gasteiger partial charge in [0.1, 0.15) is 0 Å². The summed E-state index contributed by atoms with van der Waals surface area (Å²) in [4.78, 5) is 10.1. The standard InChI is InChI=1S/C8H15ClO2/c1-4-6(7(10)11)8(3,9)5-2/h6H,4-5H2,1-3H3,(H,10,11). The Morgan fingerprint density at radius 2 is 2.09 bits per heavy atom. The maximum Gasteiger partial charge on any atom is 0.308 e. The van der Waals surface area contributed by atoms with E-state index in [1.54, 1.807) is 6.92 Å². The molecule has 0 heterocycles. The monoisotopic (exact) mass is 178 g/mol. The van der Waals surface area contributed by atoms with Gasteiger partial charge in [-0.05, 0) is 19.8 Å². The van der Waals surface area contributed by atoms with Crippen LogP contribution in [0.2, 0.25) is 0 Å². The van der Waals surface area contributed by atoms with Crippen molar-refractivity contribution in [1.29, 1.82) is 0 Å². The van der Waals surface area contributed by atoms with E-state index < -0.39 is 16.8 Å². The number of hydrogen-bond acceptors (Lipinski definition) is 1. The zero-order valence-corrected chi connectivity index (χ0v) is 7.98. The first-order chi connectivity index (χ1) is 4.95. The molecule has 0 aromatic carbocycles. The second kappa shape index (κ2) is 3.96. The van der Waals surface area contributed by atoms with Crippen LogP contribution in [-0.4, -0.2) is 16.0 Å². The number of carbonyl (C=O) groups is 1. The molecule has 0 saturated heterocycles. The zero-order valence-electron chi connectivity index (χ0n) is 7.22. The van der Waals surface area contributed by atoms with E-state index in [4.69, 9.17) is 16.7 Å². The smallest absolute Gasteiger partial charge is 0.308 e. The molecular weight excluding hydrogens is 164 g/mol. The van der Waals surface area contributed by atoms with Crippen LogP contribution in [-0.2, 0) is 4.79 Å². The first-order valence-electron chi connectivity index (χ1n) is 3.87. The van der Waals surface area contributed by atoms with E-state index in [1.165, 1.54) is 0 Å². The molecule has 0 aromatic rings.